The second-order valence-corrected chi connectivity index (χ2v) is 6.08. The van der Waals surface area contributed by atoms with E-state index in [0.717, 1.165) is 11.3 Å². The van der Waals surface area contributed by atoms with E-state index in [1.165, 1.54) is 0 Å². The van der Waals surface area contributed by atoms with Crippen LogP contribution in [-0.2, 0) is 0 Å². The number of aromatic nitrogens is 2. The Kier molecular flexibility index (Phi) is 5.14. The molecule has 1 heterocycles. The van der Waals surface area contributed by atoms with Crippen molar-refractivity contribution >= 4 is 23.2 Å². The average molecular weight is 372 g/mol. The van der Waals surface area contributed by atoms with Crippen LogP contribution in [-0.4, -0.2) is 30.3 Å². The Morgan fingerprint density at radius 3 is 2.62 bits per heavy atom. The Morgan fingerprint density at radius 1 is 1.12 bits per heavy atom. The third-order valence-electron chi connectivity index (χ3n) is 3.94. The first-order valence-corrected chi connectivity index (χ1v) is 8.25. The monoisotopic (exact) mass is 371 g/mol. The summed E-state index contributed by atoms with van der Waals surface area (Å²) < 4.78 is 10.5. The third-order valence-corrected chi connectivity index (χ3v) is 4.18. The summed E-state index contributed by atoms with van der Waals surface area (Å²) >= 11 is 6.06. The zero-order valence-electron chi connectivity index (χ0n) is 14.6. The van der Waals surface area contributed by atoms with E-state index in [1.807, 2.05) is 13.0 Å². The lowest BCUT2D eigenvalue weighted by atomic mass is 10.1. The summed E-state index contributed by atoms with van der Waals surface area (Å²) in [5.41, 5.74) is 3.20. The Balaban J connectivity index is 1.84. The maximum atomic E-state index is 12.5. The summed E-state index contributed by atoms with van der Waals surface area (Å²) in [6.45, 7) is 1.90. The lowest BCUT2D eigenvalue weighted by Gasteiger charge is -2.09. The number of halogens is 1. The van der Waals surface area contributed by atoms with Crippen molar-refractivity contribution in [3.05, 3.63) is 58.7 Å². The molecule has 2 N–H and O–H groups in total. The highest BCUT2D eigenvalue weighted by molar-refractivity contribution is 6.31. The minimum atomic E-state index is -0.294. The molecule has 0 unspecified atom stereocenters. The molecular weight excluding hydrogens is 354 g/mol. The number of amides is 1. The molecular formula is C19H18ClN3O3. The van der Waals surface area contributed by atoms with E-state index in [-0.39, 0.29) is 5.91 Å². The van der Waals surface area contributed by atoms with Crippen LogP contribution in [0.15, 0.2) is 42.5 Å². The van der Waals surface area contributed by atoms with E-state index < -0.39 is 0 Å². The van der Waals surface area contributed by atoms with Crippen LogP contribution in [0.1, 0.15) is 16.1 Å². The van der Waals surface area contributed by atoms with Gasteiger partial charge in [-0.2, -0.15) is 5.10 Å². The van der Waals surface area contributed by atoms with Crippen molar-refractivity contribution in [1.82, 2.24) is 10.2 Å². The quantitative estimate of drug-likeness (QED) is 0.700. The molecule has 1 amide bonds. The van der Waals surface area contributed by atoms with Gasteiger partial charge in [0.25, 0.3) is 5.91 Å². The summed E-state index contributed by atoms with van der Waals surface area (Å²) in [5, 5.41) is 10.4. The smallest absolute Gasteiger partial charge is 0.273 e. The molecule has 1 aromatic heterocycles. The Morgan fingerprint density at radius 2 is 1.92 bits per heavy atom. The Bertz CT molecular complexity index is 953. The van der Waals surface area contributed by atoms with Gasteiger partial charge >= 0.3 is 0 Å². The number of H-pyrrole nitrogens is 1. The normalized spacial score (nSPS) is 10.5. The van der Waals surface area contributed by atoms with Crippen LogP contribution in [0.5, 0.6) is 11.5 Å². The van der Waals surface area contributed by atoms with Crippen LogP contribution in [0.3, 0.4) is 0 Å². The number of rotatable bonds is 5. The molecule has 0 radical (unpaired) electrons. The molecule has 26 heavy (non-hydrogen) atoms. The number of carbonyl (C=O) groups is 1. The molecule has 2 aromatic carbocycles. The molecule has 0 bridgehead atoms. The minimum Gasteiger partial charge on any atom is -0.497 e. The molecule has 0 saturated heterocycles. The summed E-state index contributed by atoms with van der Waals surface area (Å²) in [6.07, 6.45) is 0. The van der Waals surface area contributed by atoms with Gasteiger partial charge in [-0.3, -0.25) is 9.89 Å². The molecule has 0 fully saturated rings. The van der Waals surface area contributed by atoms with Gasteiger partial charge in [-0.1, -0.05) is 11.6 Å². The number of benzene rings is 2. The first kappa shape index (κ1) is 17.8. The first-order chi connectivity index (χ1) is 12.5. The van der Waals surface area contributed by atoms with Crippen molar-refractivity contribution in [2.75, 3.05) is 19.5 Å². The van der Waals surface area contributed by atoms with E-state index in [9.17, 15) is 4.79 Å². The second-order valence-electron chi connectivity index (χ2n) is 5.65. The number of nitrogens with one attached hydrogen (secondary N) is 2. The van der Waals surface area contributed by atoms with Crippen LogP contribution in [0, 0.1) is 6.92 Å². The topological polar surface area (TPSA) is 76.2 Å². The predicted molar refractivity (Wildman–Crippen MR) is 101 cm³/mol. The zero-order chi connectivity index (χ0) is 18.7. The summed E-state index contributed by atoms with van der Waals surface area (Å²) in [4.78, 5) is 12.5. The largest absolute Gasteiger partial charge is 0.497 e. The van der Waals surface area contributed by atoms with Crippen LogP contribution < -0.4 is 14.8 Å². The number of hydrogen-bond acceptors (Lipinski definition) is 4. The number of carbonyl (C=O) groups excluding carboxylic acids is 1. The molecule has 134 valence electrons. The SMILES string of the molecule is COc1ccc(NC(=O)c2cc(-c3cc(Cl)ccc3OC)n[nH]2)c(C)c1. The van der Waals surface area contributed by atoms with Crippen molar-refractivity contribution in [3.63, 3.8) is 0 Å². The van der Waals surface area contributed by atoms with E-state index in [4.69, 9.17) is 21.1 Å². The fourth-order valence-electron chi connectivity index (χ4n) is 2.55. The summed E-state index contributed by atoms with van der Waals surface area (Å²) in [7, 11) is 3.17. The molecule has 3 aromatic rings. The standard InChI is InChI=1S/C19H18ClN3O3/c1-11-8-13(25-2)5-6-15(11)21-19(24)17-10-16(22-23-17)14-9-12(20)4-7-18(14)26-3/h4-10H,1-3H3,(H,21,24)(H,22,23). The van der Waals surface area contributed by atoms with Crippen molar-refractivity contribution in [3.8, 4) is 22.8 Å². The lowest BCUT2D eigenvalue weighted by molar-refractivity contribution is 0.102. The molecule has 6 nitrogen and oxygen atoms in total. The molecule has 7 heteroatoms. The second kappa shape index (κ2) is 7.49. The number of aryl methyl sites for hydroxylation is 1. The van der Waals surface area contributed by atoms with Gasteiger partial charge in [0.2, 0.25) is 0 Å². The highest BCUT2D eigenvalue weighted by Crippen LogP contribution is 2.31. The predicted octanol–water partition coefficient (Wildman–Crippen LogP) is 4.31. The lowest BCUT2D eigenvalue weighted by Crippen LogP contribution is -2.13. The minimum absolute atomic E-state index is 0.294. The summed E-state index contributed by atoms with van der Waals surface area (Å²) in [5.74, 6) is 1.06. The van der Waals surface area contributed by atoms with E-state index in [0.29, 0.717) is 33.4 Å². The van der Waals surface area contributed by atoms with Crippen molar-refractivity contribution in [2.45, 2.75) is 6.92 Å². The average Bonchev–Trinajstić information content (AvgIpc) is 3.13. The maximum absolute atomic E-state index is 12.5. The Hall–Kier alpha value is -2.99. The fraction of sp³-hybridized carbons (Fsp3) is 0.158. The molecule has 0 spiro atoms. The highest BCUT2D eigenvalue weighted by Gasteiger charge is 2.15. The fourth-order valence-corrected chi connectivity index (χ4v) is 2.72. The van der Waals surface area contributed by atoms with Crippen LogP contribution in [0.4, 0.5) is 5.69 Å². The van der Waals surface area contributed by atoms with Gasteiger partial charge in [0, 0.05) is 16.3 Å². The van der Waals surface area contributed by atoms with Crippen LogP contribution in [0.25, 0.3) is 11.3 Å². The van der Waals surface area contributed by atoms with Crippen LogP contribution in [0.2, 0.25) is 5.02 Å². The molecule has 0 aliphatic carbocycles. The van der Waals surface area contributed by atoms with E-state index in [2.05, 4.69) is 15.5 Å². The van der Waals surface area contributed by atoms with Gasteiger partial charge in [0.15, 0.2) is 0 Å². The van der Waals surface area contributed by atoms with E-state index in [1.54, 1.807) is 50.6 Å². The van der Waals surface area contributed by atoms with Crippen LogP contribution >= 0.6 is 11.6 Å². The van der Waals surface area contributed by atoms with Crippen molar-refractivity contribution in [2.24, 2.45) is 0 Å². The number of ether oxygens (including phenoxy) is 2. The van der Waals surface area contributed by atoms with Gasteiger partial charge in [-0.25, -0.2) is 0 Å². The van der Waals surface area contributed by atoms with Gasteiger partial charge in [-0.05, 0) is 55.0 Å². The number of aromatic amines is 1. The first-order valence-electron chi connectivity index (χ1n) is 7.87. The number of anilines is 1. The van der Waals surface area contributed by atoms with Crippen molar-refractivity contribution < 1.29 is 14.3 Å². The molecule has 0 atom stereocenters. The third kappa shape index (κ3) is 3.65. The molecule has 3 rings (SSSR count). The maximum Gasteiger partial charge on any atom is 0.273 e. The molecule has 0 saturated carbocycles. The Labute approximate surface area is 156 Å². The number of methoxy groups -OCH3 is 2. The molecule has 0 aliphatic heterocycles. The number of nitrogens with zero attached hydrogens (tertiary/aromatic N) is 1. The van der Waals surface area contributed by atoms with Gasteiger partial charge in [0.1, 0.15) is 17.2 Å². The number of hydrogen-bond donors (Lipinski definition) is 2. The van der Waals surface area contributed by atoms with Gasteiger partial charge < -0.3 is 14.8 Å². The summed E-state index contributed by atoms with van der Waals surface area (Å²) in [6, 6.07) is 12.3. The van der Waals surface area contributed by atoms with Gasteiger partial charge in [0.05, 0.1) is 19.9 Å². The van der Waals surface area contributed by atoms with E-state index >= 15 is 0 Å². The molecule has 0 aliphatic rings. The van der Waals surface area contributed by atoms with Gasteiger partial charge in [-0.15, -0.1) is 0 Å². The van der Waals surface area contributed by atoms with Crippen molar-refractivity contribution in [1.29, 1.82) is 0 Å². The zero-order valence-corrected chi connectivity index (χ0v) is 15.3. The highest BCUT2D eigenvalue weighted by atomic mass is 35.5.